The standard InChI is InChI=1S/C15H32N2/c1-7-13(6)15-10-17(12(4)5)14(9-16-15)8-11(2)3/h11-16H,7-10H2,1-6H3. The highest BCUT2D eigenvalue weighted by Gasteiger charge is 2.31. The van der Waals surface area contributed by atoms with Crippen molar-refractivity contribution in [3.8, 4) is 0 Å². The lowest BCUT2D eigenvalue weighted by atomic mass is 9.92. The van der Waals surface area contributed by atoms with Crippen LogP contribution in [0.2, 0.25) is 0 Å². The van der Waals surface area contributed by atoms with E-state index >= 15 is 0 Å². The van der Waals surface area contributed by atoms with E-state index in [0.29, 0.717) is 12.1 Å². The Morgan fingerprint density at radius 2 is 1.82 bits per heavy atom. The molecule has 0 spiro atoms. The van der Waals surface area contributed by atoms with Crippen LogP contribution in [0.5, 0.6) is 0 Å². The Bertz CT molecular complexity index is 213. The Balaban J connectivity index is 2.61. The Morgan fingerprint density at radius 3 is 2.29 bits per heavy atom. The smallest absolute Gasteiger partial charge is 0.0226 e. The molecule has 1 rings (SSSR count). The molecule has 1 heterocycles. The molecule has 0 aromatic rings. The monoisotopic (exact) mass is 240 g/mol. The lowest BCUT2D eigenvalue weighted by Crippen LogP contribution is -2.60. The minimum absolute atomic E-state index is 0.674. The fourth-order valence-corrected chi connectivity index (χ4v) is 2.91. The average molecular weight is 240 g/mol. The molecule has 0 aromatic heterocycles. The van der Waals surface area contributed by atoms with Crippen LogP contribution in [0.1, 0.15) is 54.4 Å². The van der Waals surface area contributed by atoms with E-state index in [4.69, 9.17) is 0 Å². The van der Waals surface area contributed by atoms with Crippen LogP contribution in [0, 0.1) is 11.8 Å². The van der Waals surface area contributed by atoms with E-state index < -0.39 is 0 Å². The minimum atomic E-state index is 0.674. The van der Waals surface area contributed by atoms with E-state index in [1.54, 1.807) is 0 Å². The first-order valence-corrected chi connectivity index (χ1v) is 7.44. The predicted molar refractivity (Wildman–Crippen MR) is 76.3 cm³/mol. The molecule has 3 unspecified atom stereocenters. The first kappa shape index (κ1) is 15.0. The fourth-order valence-electron chi connectivity index (χ4n) is 2.91. The van der Waals surface area contributed by atoms with Gasteiger partial charge in [-0.25, -0.2) is 0 Å². The molecular formula is C15H32N2. The highest BCUT2D eigenvalue weighted by atomic mass is 15.2. The van der Waals surface area contributed by atoms with Gasteiger partial charge in [0.2, 0.25) is 0 Å². The average Bonchev–Trinajstić information content (AvgIpc) is 2.27. The Hall–Kier alpha value is -0.0800. The van der Waals surface area contributed by atoms with Gasteiger partial charge in [-0.15, -0.1) is 0 Å². The van der Waals surface area contributed by atoms with Gasteiger partial charge in [-0.3, -0.25) is 4.90 Å². The molecule has 0 aromatic carbocycles. The molecule has 0 amide bonds. The third kappa shape index (κ3) is 4.26. The fraction of sp³-hybridized carbons (Fsp3) is 1.00. The van der Waals surface area contributed by atoms with Crippen molar-refractivity contribution in [2.24, 2.45) is 11.8 Å². The van der Waals surface area contributed by atoms with Gasteiger partial charge < -0.3 is 5.32 Å². The first-order chi connectivity index (χ1) is 7.95. The van der Waals surface area contributed by atoms with Gasteiger partial charge in [0.25, 0.3) is 0 Å². The van der Waals surface area contributed by atoms with Crippen molar-refractivity contribution in [3.05, 3.63) is 0 Å². The topological polar surface area (TPSA) is 15.3 Å². The van der Waals surface area contributed by atoms with E-state index in [1.165, 1.54) is 25.9 Å². The van der Waals surface area contributed by atoms with Crippen LogP contribution in [-0.2, 0) is 0 Å². The van der Waals surface area contributed by atoms with Gasteiger partial charge in [0.1, 0.15) is 0 Å². The molecule has 2 heteroatoms. The maximum absolute atomic E-state index is 3.77. The summed E-state index contributed by atoms with van der Waals surface area (Å²) < 4.78 is 0. The first-order valence-electron chi connectivity index (χ1n) is 7.44. The van der Waals surface area contributed by atoms with Crippen LogP contribution >= 0.6 is 0 Å². The maximum Gasteiger partial charge on any atom is 0.0226 e. The summed E-state index contributed by atoms with van der Waals surface area (Å²) in [6, 6.07) is 2.09. The Kier molecular flexibility index (Phi) is 5.94. The number of hydrogen-bond acceptors (Lipinski definition) is 2. The van der Waals surface area contributed by atoms with Crippen molar-refractivity contribution < 1.29 is 0 Å². The van der Waals surface area contributed by atoms with Crippen molar-refractivity contribution in [1.82, 2.24) is 10.2 Å². The lowest BCUT2D eigenvalue weighted by Gasteiger charge is -2.45. The lowest BCUT2D eigenvalue weighted by molar-refractivity contribution is 0.0685. The van der Waals surface area contributed by atoms with Gasteiger partial charge in [0.15, 0.2) is 0 Å². The van der Waals surface area contributed by atoms with Gasteiger partial charge in [-0.1, -0.05) is 34.1 Å². The minimum Gasteiger partial charge on any atom is -0.311 e. The van der Waals surface area contributed by atoms with Crippen molar-refractivity contribution in [2.75, 3.05) is 13.1 Å². The van der Waals surface area contributed by atoms with E-state index in [1.807, 2.05) is 0 Å². The van der Waals surface area contributed by atoms with E-state index in [2.05, 4.69) is 51.8 Å². The number of piperazine rings is 1. The number of nitrogens with one attached hydrogen (secondary N) is 1. The summed E-state index contributed by atoms with van der Waals surface area (Å²) in [7, 11) is 0. The Labute approximate surface area is 108 Å². The molecule has 1 N–H and O–H groups in total. The maximum atomic E-state index is 3.77. The molecule has 0 bridgehead atoms. The van der Waals surface area contributed by atoms with Crippen molar-refractivity contribution in [1.29, 1.82) is 0 Å². The predicted octanol–water partition coefficient (Wildman–Crippen LogP) is 3.13. The van der Waals surface area contributed by atoms with Crippen LogP contribution in [-0.4, -0.2) is 36.1 Å². The molecule has 17 heavy (non-hydrogen) atoms. The molecule has 0 aliphatic carbocycles. The van der Waals surface area contributed by atoms with Gasteiger partial charge in [0.05, 0.1) is 0 Å². The largest absolute Gasteiger partial charge is 0.311 e. The molecule has 0 saturated carbocycles. The number of rotatable bonds is 5. The summed E-state index contributed by atoms with van der Waals surface area (Å²) in [6.45, 7) is 16.4. The zero-order chi connectivity index (χ0) is 13.0. The summed E-state index contributed by atoms with van der Waals surface area (Å²) in [5.41, 5.74) is 0. The third-order valence-corrected chi connectivity index (χ3v) is 4.23. The van der Waals surface area contributed by atoms with Crippen LogP contribution < -0.4 is 5.32 Å². The molecule has 0 radical (unpaired) electrons. The molecule has 1 aliphatic heterocycles. The molecule has 3 atom stereocenters. The second-order valence-corrected chi connectivity index (χ2v) is 6.47. The molecular weight excluding hydrogens is 208 g/mol. The molecule has 102 valence electrons. The van der Waals surface area contributed by atoms with Crippen molar-refractivity contribution in [2.45, 2.75) is 72.5 Å². The highest BCUT2D eigenvalue weighted by molar-refractivity contribution is 4.90. The van der Waals surface area contributed by atoms with Gasteiger partial charge in [0, 0.05) is 31.2 Å². The van der Waals surface area contributed by atoms with Gasteiger partial charge in [-0.05, 0) is 32.1 Å². The molecule has 1 fully saturated rings. The second-order valence-electron chi connectivity index (χ2n) is 6.47. The van der Waals surface area contributed by atoms with Crippen molar-refractivity contribution >= 4 is 0 Å². The normalized spacial score (nSPS) is 28.9. The molecule has 1 aliphatic rings. The van der Waals surface area contributed by atoms with E-state index in [0.717, 1.165) is 17.9 Å². The third-order valence-electron chi connectivity index (χ3n) is 4.23. The number of nitrogens with zero attached hydrogens (tertiary/aromatic N) is 1. The summed E-state index contributed by atoms with van der Waals surface area (Å²) in [5, 5.41) is 3.77. The van der Waals surface area contributed by atoms with Crippen LogP contribution in [0.3, 0.4) is 0 Å². The summed E-state index contributed by atoms with van der Waals surface area (Å²) >= 11 is 0. The summed E-state index contributed by atoms with van der Waals surface area (Å²) in [6.07, 6.45) is 2.59. The van der Waals surface area contributed by atoms with Gasteiger partial charge >= 0.3 is 0 Å². The second kappa shape index (κ2) is 6.75. The molecule has 2 nitrogen and oxygen atoms in total. The highest BCUT2D eigenvalue weighted by Crippen LogP contribution is 2.21. The van der Waals surface area contributed by atoms with Crippen LogP contribution in [0.4, 0.5) is 0 Å². The Morgan fingerprint density at radius 1 is 1.18 bits per heavy atom. The quantitative estimate of drug-likeness (QED) is 0.794. The van der Waals surface area contributed by atoms with Crippen LogP contribution in [0.15, 0.2) is 0 Å². The summed E-state index contributed by atoms with van der Waals surface area (Å²) in [5.74, 6) is 1.58. The zero-order valence-electron chi connectivity index (χ0n) is 12.7. The SMILES string of the molecule is CCC(C)C1CN(C(C)C)C(CC(C)C)CN1. The number of hydrogen-bond donors (Lipinski definition) is 1. The van der Waals surface area contributed by atoms with E-state index in [-0.39, 0.29) is 0 Å². The van der Waals surface area contributed by atoms with Gasteiger partial charge in [-0.2, -0.15) is 0 Å². The zero-order valence-corrected chi connectivity index (χ0v) is 12.7. The van der Waals surface area contributed by atoms with Crippen molar-refractivity contribution in [3.63, 3.8) is 0 Å². The van der Waals surface area contributed by atoms with E-state index in [9.17, 15) is 0 Å². The van der Waals surface area contributed by atoms with Crippen LogP contribution in [0.25, 0.3) is 0 Å². The summed E-state index contributed by atoms with van der Waals surface area (Å²) in [4.78, 5) is 2.72. The molecule has 1 saturated heterocycles.